The Bertz CT molecular complexity index is 899. The number of allylic oxidation sites excluding steroid dienone is 4. The second-order valence-electron chi connectivity index (χ2n) is 12.5. The first-order valence-electron chi connectivity index (χ1n) is 12.8. The van der Waals surface area contributed by atoms with Gasteiger partial charge in [-0.1, -0.05) is 82.7 Å². The Morgan fingerprint density at radius 2 is 1.77 bits per heavy atom. The number of aliphatic hydroxyl groups is 1. The van der Waals surface area contributed by atoms with Crippen molar-refractivity contribution in [3.05, 3.63) is 59.2 Å². The van der Waals surface area contributed by atoms with Gasteiger partial charge in [-0.25, -0.2) is 0 Å². The van der Waals surface area contributed by atoms with E-state index in [0.29, 0.717) is 22.7 Å². The SMILES string of the molecule is C[C@H](Cc1ccccc1)[C@H]1CCC2=C3C=C[C@H]4C(C)(C)[C@@H](O)CC[C@]4(C)[C@H]3CC[C@@]21C.[H+]. The van der Waals surface area contributed by atoms with E-state index < -0.39 is 0 Å². The fraction of sp³-hybridized carbons (Fsp3) is 0.667. The zero-order valence-corrected chi connectivity index (χ0v) is 20.3. The fourth-order valence-electron chi connectivity index (χ4n) is 8.78. The molecule has 7 atom stereocenters. The summed E-state index contributed by atoms with van der Waals surface area (Å²) in [6.07, 6.45) is 13.5. The summed E-state index contributed by atoms with van der Waals surface area (Å²) in [5.41, 5.74) is 5.64. The Labute approximate surface area is 191 Å². The molecule has 1 aromatic rings. The zero-order chi connectivity index (χ0) is 22.0. The van der Waals surface area contributed by atoms with Gasteiger partial charge in [0, 0.05) is 0 Å². The molecule has 4 aliphatic carbocycles. The third kappa shape index (κ3) is 3.13. The van der Waals surface area contributed by atoms with E-state index in [1.807, 2.05) is 0 Å². The highest BCUT2D eigenvalue weighted by Gasteiger charge is 2.58. The van der Waals surface area contributed by atoms with Crippen LogP contribution in [-0.2, 0) is 6.42 Å². The van der Waals surface area contributed by atoms with Gasteiger partial charge in [-0.2, -0.15) is 0 Å². The van der Waals surface area contributed by atoms with Gasteiger partial charge in [-0.15, -0.1) is 0 Å². The molecule has 0 aromatic heterocycles. The molecule has 1 heteroatoms. The molecule has 0 aliphatic heterocycles. The molecule has 5 rings (SSSR count). The molecular formula is C30H43O+. The number of rotatable bonds is 3. The first kappa shape index (κ1) is 21.5. The van der Waals surface area contributed by atoms with E-state index in [0.717, 1.165) is 18.3 Å². The maximum atomic E-state index is 10.7. The molecule has 0 bridgehead atoms. The Kier molecular flexibility index (Phi) is 5.09. The number of benzene rings is 1. The molecule has 31 heavy (non-hydrogen) atoms. The zero-order valence-electron chi connectivity index (χ0n) is 21.3. The van der Waals surface area contributed by atoms with Crippen LogP contribution in [0.3, 0.4) is 0 Å². The lowest BCUT2D eigenvalue weighted by Crippen LogP contribution is -2.54. The minimum Gasteiger partial charge on any atom is -0.393 e. The Balaban J connectivity index is 0.00000245. The number of hydrogen-bond donors (Lipinski definition) is 1. The summed E-state index contributed by atoms with van der Waals surface area (Å²) in [5.74, 6) is 2.68. The lowest BCUT2D eigenvalue weighted by atomic mass is 9.46. The van der Waals surface area contributed by atoms with Gasteiger partial charge in [0.1, 0.15) is 0 Å². The number of hydrogen-bond acceptors (Lipinski definition) is 1. The molecule has 0 heterocycles. The van der Waals surface area contributed by atoms with Crippen LogP contribution < -0.4 is 0 Å². The summed E-state index contributed by atoms with van der Waals surface area (Å²) < 4.78 is 0. The highest BCUT2D eigenvalue weighted by atomic mass is 16.3. The van der Waals surface area contributed by atoms with Crippen LogP contribution >= 0.6 is 0 Å². The summed E-state index contributed by atoms with van der Waals surface area (Å²) in [6.45, 7) is 12.2. The first-order chi connectivity index (χ1) is 14.7. The van der Waals surface area contributed by atoms with E-state index in [2.05, 4.69) is 77.1 Å². The lowest BCUT2D eigenvalue weighted by Gasteiger charge is -2.59. The monoisotopic (exact) mass is 419 g/mol. The smallest absolute Gasteiger partial charge is 0.393 e. The molecule has 2 fully saturated rings. The van der Waals surface area contributed by atoms with Crippen LogP contribution in [0.1, 0.15) is 80.1 Å². The quantitative estimate of drug-likeness (QED) is 0.538. The average Bonchev–Trinajstić information content (AvgIpc) is 3.09. The Morgan fingerprint density at radius 3 is 2.52 bits per heavy atom. The van der Waals surface area contributed by atoms with Gasteiger partial charge in [0.15, 0.2) is 0 Å². The molecule has 0 unspecified atom stereocenters. The molecule has 168 valence electrons. The normalized spacial score (nSPS) is 42.0. The van der Waals surface area contributed by atoms with Gasteiger partial charge >= 0.3 is 1.43 Å². The molecule has 0 amide bonds. The van der Waals surface area contributed by atoms with Crippen LogP contribution in [0.4, 0.5) is 0 Å². The number of aliphatic hydroxyl groups excluding tert-OH is 1. The van der Waals surface area contributed by atoms with Gasteiger partial charge in [0.05, 0.1) is 6.10 Å². The van der Waals surface area contributed by atoms with Crippen molar-refractivity contribution >= 4 is 0 Å². The van der Waals surface area contributed by atoms with E-state index in [4.69, 9.17) is 0 Å². The Morgan fingerprint density at radius 1 is 1.03 bits per heavy atom. The van der Waals surface area contributed by atoms with Crippen molar-refractivity contribution in [1.29, 1.82) is 0 Å². The summed E-state index contributed by atoms with van der Waals surface area (Å²) in [5, 5.41) is 10.7. The van der Waals surface area contributed by atoms with E-state index in [9.17, 15) is 5.11 Å². The molecule has 4 aliphatic rings. The second kappa shape index (κ2) is 7.34. The minimum absolute atomic E-state index is 0. The van der Waals surface area contributed by atoms with Gasteiger partial charge in [-0.3, -0.25) is 0 Å². The highest BCUT2D eigenvalue weighted by molar-refractivity contribution is 5.42. The standard InChI is InChI=1S/C30H42O/c1-20(19-21-9-7-6-8-10-21)23-12-13-24-22-11-14-26-28(2,3)27(31)16-18-30(26,5)25(22)15-17-29(23,24)4/h6-11,14,20,23,25-27,31H,12-13,15-19H2,1-5H3/p+1/t20-,23-,25+,26+,27+,29-,30-/m1/s1. The van der Waals surface area contributed by atoms with Crippen molar-refractivity contribution in [1.82, 2.24) is 0 Å². The van der Waals surface area contributed by atoms with Crippen molar-refractivity contribution in [3.8, 4) is 0 Å². The second-order valence-corrected chi connectivity index (χ2v) is 12.5. The third-order valence-corrected chi connectivity index (χ3v) is 10.6. The predicted molar refractivity (Wildman–Crippen MR) is 131 cm³/mol. The first-order valence-corrected chi connectivity index (χ1v) is 12.8. The molecule has 0 saturated heterocycles. The predicted octanol–water partition coefficient (Wildman–Crippen LogP) is 7.47. The van der Waals surface area contributed by atoms with Crippen molar-refractivity contribution in [2.45, 2.75) is 85.7 Å². The van der Waals surface area contributed by atoms with Crippen LogP contribution in [0.2, 0.25) is 0 Å². The topological polar surface area (TPSA) is 20.2 Å². The molecule has 1 nitrogen and oxygen atoms in total. The minimum atomic E-state index is -0.173. The van der Waals surface area contributed by atoms with Crippen molar-refractivity contribution < 1.29 is 6.53 Å². The van der Waals surface area contributed by atoms with Crippen molar-refractivity contribution in [2.24, 2.45) is 39.9 Å². The van der Waals surface area contributed by atoms with Crippen molar-refractivity contribution in [2.75, 3.05) is 0 Å². The van der Waals surface area contributed by atoms with Gasteiger partial charge in [0.2, 0.25) is 0 Å². The van der Waals surface area contributed by atoms with Crippen LogP contribution in [-0.4, -0.2) is 11.2 Å². The molecule has 0 radical (unpaired) electrons. The van der Waals surface area contributed by atoms with E-state index >= 15 is 0 Å². The molecule has 1 aromatic carbocycles. The third-order valence-electron chi connectivity index (χ3n) is 10.6. The maximum absolute atomic E-state index is 10.7. The Hall–Kier alpha value is -1.34. The van der Waals surface area contributed by atoms with Crippen LogP contribution in [0, 0.1) is 39.9 Å². The molecule has 1 N–H and O–H groups in total. The summed E-state index contributed by atoms with van der Waals surface area (Å²) >= 11 is 0. The summed E-state index contributed by atoms with van der Waals surface area (Å²) in [4.78, 5) is 0. The fourth-order valence-corrected chi connectivity index (χ4v) is 8.78. The molecule has 0 spiro atoms. The van der Waals surface area contributed by atoms with Crippen LogP contribution in [0.15, 0.2) is 53.6 Å². The van der Waals surface area contributed by atoms with E-state index in [-0.39, 0.29) is 12.9 Å². The van der Waals surface area contributed by atoms with Gasteiger partial charge in [0.25, 0.3) is 0 Å². The molecule has 2 saturated carbocycles. The van der Waals surface area contributed by atoms with Crippen LogP contribution in [0.5, 0.6) is 0 Å². The largest absolute Gasteiger partial charge is 1.00 e. The average molecular weight is 420 g/mol. The summed E-state index contributed by atoms with van der Waals surface area (Å²) in [7, 11) is 0. The maximum Gasteiger partial charge on any atom is 1.00 e. The van der Waals surface area contributed by atoms with Gasteiger partial charge in [-0.05, 0) is 96.0 Å². The van der Waals surface area contributed by atoms with E-state index in [1.54, 1.807) is 11.1 Å². The van der Waals surface area contributed by atoms with E-state index in [1.165, 1.54) is 44.1 Å². The number of fused-ring (bicyclic) bond motifs is 4. The van der Waals surface area contributed by atoms with Crippen LogP contribution in [0.25, 0.3) is 0 Å². The lowest BCUT2D eigenvalue weighted by molar-refractivity contribution is -0.0976. The highest BCUT2D eigenvalue weighted by Crippen LogP contribution is 2.66. The van der Waals surface area contributed by atoms with Gasteiger partial charge < -0.3 is 5.11 Å². The summed E-state index contributed by atoms with van der Waals surface area (Å²) in [6, 6.07) is 11.1. The van der Waals surface area contributed by atoms with Crippen molar-refractivity contribution in [3.63, 3.8) is 0 Å². The molecular weight excluding hydrogens is 376 g/mol.